The number of hydrogen-bond donors (Lipinski definition) is 1. The standard InChI is InChI=1S/C20H28N4O3/c1-22-14-20(4-5-20)12-16(19(26)27)17(22)18(25)24-10-8-23(9-11-24)13-15-2-6-21-7-3-15/h2-3,6-7,16-17H,4-5,8-14H2,1H3,(H,26,27). The van der Waals surface area contributed by atoms with E-state index in [0.717, 1.165) is 39.0 Å². The van der Waals surface area contributed by atoms with E-state index in [1.54, 1.807) is 12.4 Å². The summed E-state index contributed by atoms with van der Waals surface area (Å²) in [6, 6.07) is 3.50. The number of likely N-dealkylation sites (N-methyl/N-ethyl adjacent to an activating group) is 1. The maximum atomic E-state index is 13.2. The largest absolute Gasteiger partial charge is 0.481 e. The third-order valence-corrected chi connectivity index (χ3v) is 6.46. The number of likely N-dealkylation sites (tertiary alicyclic amines) is 1. The number of nitrogens with zero attached hydrogens (tertiary/aromatic N) is 4. The minimum Gasteiger partial charge on any atom is -0.481 e. The van der Waals surface area contributed by atoms with Crippen molar-refractivity contribution in [2.75, 3.05) is 39.8 Å². The number of carbonyl (C=O) groups is 2. The minimum atomic E-state index is -0.831. The van der Waals surface area contributed by atoms with Crippen molar-refractivity contribution >= 4 is 11.9 Å². The van der Waals surface area contributed by atoms with Crippen LogP contribution in [0.4, 0.5) is 0 Å². The predicted octanol–water partition coefficient (Wildman–Crippen LogP) is 0.911. The molecule has 0 aromatic carbocycles. The topological polar surface area (TPSA) is 77.0 Å². The highest BCUT2D eigenvalue weighted by Gasteiger charge is 2.55. The van der Waals surface area contributed by atoms with E-state index in [4.69, 9.17) is 0 Å². The number of pyridine rings is 1. The molecule has 1 saturated carbocycles. The van der Waals surface area contributed by atoms with Crippen molar-refractivity contribution in [3.05, 3.63) is 30.1 Å². The van der Waals surface area contributed by atoms with Crippen LogP contribution < -0.4 is 0 Å². The summed E-state index contributed by atoms with van der Waals surface area (Å²) >= 11 is 0. The van der Waals surface area contributed by atoms with Crippen molar-refractivity contribution in [1.82, 2.24) is 19.7 Å². The molecule has 1 N–H and O–H groups in total. The summed E-state index contributed by atoms with van der Waals surface area (Å²) in [5.74, 6) is -1.43. The van der Waals surface area contributed by atoms with Crippen molar-refractivity contribution in [3.63, 3.8) is 0 Å². The van der Waals surface area contributed by atoms with Gasteiger partial charge in [0.2, 0.25) is 5.91 Å². The number of amides is 1. The Labute approximate surface area is 160 Å². The van der Waals surface area contributed by atoms with E-state index in [1.165, 1.54) is 5.56 Å². The van der Waals surface area contributed by atoms with Gasteiger partial charge in [0.05, 0.1) is 5.92 Å². The first-order chi connectivity index (χ1) is 13.0. The normalized spacial score (nSPS) is 28.3. The van der Waals surface area contributed by atoms with Crippen LogP contribution in [0.2, 0.25) is 0 Å². The molecule has 2 unspecified atom stereocenters. The van der Waals surface area contributed by atoms with Gasteiger partial charge in [-0.3, -0.25) is 24.4 Å². The molecule has 1 aliphatic carbocycles. The van der Waals surface area contributed by atoms with E-state index in [2.05, 4.69) is 9.88 Å². The Balaban J connectivity index is 1.37. The average molecular weight is 372 g/mol. The van der Waals surface area contributed by atoms with E-state index in [9.17, 15) is 14.7 Å². The summed E-state index contributed by atoms with van der Waals surface area (Å²) in [5, 5.41) is 9.73. The number of piperidine rings is 1. The highest BCUT2D eigenvalue weighted by atomic mass is 16.4. The van der Waals surface area contributed by atoms with Crippen LogP contribution >= 0.6 is 0 Å². The van der Waals surface area contributed by atoms with Crippen LogP contribution in [-0.2, 0) is 16.1 Å². The summed E-state index contributed by atoms with van der Waals surface area (Å²) in [7, 11) is 1.91. The number of aromatic nitrogens is 1. The van der Waals surface area contributed by atoms with Crippen LogP contribution in [-0.4, -0.2) is 82.5 Å². The Morgan fingerprint density at radius 3 is 2.44 bits per heavy atom. The average Bonchev–Trinajstić information content (AvgIpc) is 3.40. The number of carboxylic acid groups (broad SMARTS) is 1. The number of rotatable bonds is 4. The maximum absolute atomic E-state index is 13.2. The zero-order valence-electron chi connectivity index (χ0n) is 15.9. The second-order valence-electron chi connectivity index (χ2n) is 8.47. The van der Waals surface area contributed by atoms with Crippen LogP contribution in [0.3, 0.4) is 0 Å². The number of aliphatic carboxylic acids is 1. The third-order valence-electron chi connectivity index (χ3n) is 6.46. The SMILES string of the molecule is CN1CC2(CC2)CC(C(=O)O)C1C(=O)N1CCN(Cc2ccncc2)CC1. The van der Waals surface area contributed by atoms with Crippen molar-refractivity contribution in [2.45, 2.75) is 31.8 Å². The van der Waals surface area contributed by atoms with Gasteiger partial charge in [-0.05, 0) is 49.4 Å². The molecule has 4 rings (SSSR count). The predicted molar refractivity (Wildman–Crippen MR) is 99.9 cm³/mol. The first-order valence-electron chi connectivity index (χ1n) is 9.81. The fourth-order valence-electron chi connectivity index (χ4n) is 4.76. The fraction of sp³-hybridized carbons (Fsp3) is 0.650. The summed E-state index contributed by atoms with van der Waals surface area (Å²) in [5.41, 5.74) is 1.37. The Kier molecular flexibility index (Phi) is 4.90. The second-order valence-corrected chi connectivity index (χ2v) is 8.47. The molecule has 0 bridgehead atoms. The second kappa shape index (κ2) is 7.20. The van der Waals surface area contributed by atoms with Gasteiger partial charge >= 0.3 is 5.97 Å². The van der Waals surface area contributed by atoms with Gasteiger partial charge in [-0.25, -0.2) is 0 Å². The van der Waals surface area contributed by atoms with Gasteiger partial charge in [0.1, 0.15) is 6.04 Å². The molecule has 3 heterocycles. The molecule has 146 valence electrons. The molecule has 1 spiro atoms. The fourth-order valence-corrected chi connectivity index (χ4v) is 4.76. The van der Waals surface area contributed by atoms with Gasteiger partial charge < -0.3 is 10.0 Å². The van der Waals surface area contributed by atoms with Gasteiger partial charge in [0, 0.05) is 51.7 Å². The van der Waals surface area contributed by atoms with Gasteiger partial charge in [-0.1, -0.05) is 0 Å². The van der Waals surface area contributed by atoms with Crippen LogP contribution in [0.15, 0.2) is 24.5 Å². The van der Waals surface area contributed by atoms with Crippen molar-refractivity contribution in [1.29, 1.82) is 0 Å². The number of piperazine rings is 1. The highest BCUT2D eigenvalue weighted by molar-refractivity contribution is 5.88. The molecule has 27 heavy (non-hydrogen) atoms. The lowest BCUT2D eigenvalue weighted by Crippen LogP contribution is -2.60. The first kappa shape index (κ1) is 18.4. The van der Waals surface area contributed by atoms with Crippen molar-refractivity contribution in [3.8, 4) is 0 Å². The quantitative estimate of drug-likeness (QED) is 0.847. The summed E-state index contributed by atoms with van der Waals surface area (Å²) in [6.07, 6.45) is 6.43. The van der Waals surface area contributed by atoms with E-state index >= 15 is 0 Å². The van der Waals surface area contributed by atoms with Gasteiger partial charge in [0.25, 0.3) is 0 Å². The van der Waals surface area contributed by atoms with Crippen LogP contribution in [0.1, 0.15) is 24.8 Å². The third kappa shape index (κ3) is 3.84. The molecule has 2 aliphatic heterocycles. The van der Waals surface area contributed by atoms with E-state index in [1.807, 2.05) is 29.0 Å². The van der Waals surface area contributed by atoms with Crippen LogP contribution in [0.25, 0.3) is 0 Å². The molecular weight excluding hydrogens is 344 g/mol. The first-order valence-corrected chi connectivity index (χ1v) is 9.81. The maximum Gasteiger partial charge on any atom is 0.308 e. The summed E-state index contributed by atoms with van der Waals surface area (Å²) in [4.78, 5) is 35.3. The molecule has 2 saturated heterocycles. The number of hydrogen-bond acceptors (Lipinski definition) is 5. The Morgan fingerprint density at radius 1 is 1.19 bits per heavy atom. The molecule has 1 amide bonds. The Hall–Kier alpha value is -1.99. The van der Waals surface area contributed by atoms with Crippen LogP contribution in [0.5, 0.6) is 0 Å². The van der Waals surface area contributed by atoms with Gasteiger partial charge in [-0.15, -0.1) is 0 Å². The molecule has 7 nitrogen and oxygen atoms in total. The lowest BCUT2D eigenvalue weighted by atomic mass is 9.80. The van der Waals surface area contributed by atoms with Crippen molar-refractivity contribution in [2.24, 2.45) is 11.3 Å². The lowest BCUT2D eigenvalue weighted by Gasteiger charge is -2.44. The molecule has 1 aromatic heterocycles. The van der Waals surface area contributed by atoms with E-state index in [-0.39, 0.29) is 11.3 Å². The lowest BCUT2D eigenvalue weighted by molar-refractivity contribution is -0.156. The van der Waals surface area contributed by atoms with E-state index < -0.39 is 17.9 Å². The summed E-state index contributed by atoms with van der Waals surface area (Å²) < 4.78 is 0. The number of carbonyl (C=O) groups excluding carboxylic acids is 1. The van der Waals surface area contributed by atoms with E-state index in [0.29, 0.717) is 19.5 Å². The molecule has 3 fully saturated rings. The molecule has 3 aliphatic rings. The Morgan fingerprint density at radius 2 is 1.85 bits per heavy atom. The van der Waals surface area contributed by atoms with Crippen LogP contribution in [0, 0.1) is 11.3 Å². The highest BCUT2D eigenvalue weighted by Crippen LogP contribution is 2.54. The zero-order chi connectivity index (χ0) is 19.0. The smallest absolute Gasteiger partial charge is 0.308 e. The van der Waals surface area contributed by atoms with Gasteiger partial charge in [-0.2, -0.15) is 0 Å². The summed E-state index contributed by atoms with van der Waals surface area (Å²) in [6.45, 7) is 4.64. The minimum absolute atomic E-state index is 0.0102. The monoisotopic (exact) mass is 372 g/mol. The number of carboxylic acids is 1. The molecule has 7 heteroatoms. The zero-order valence-corrected chi connectivity index (χ0v) is 15.9. The van der Waals surface area contributed by atoms with Gasteiger partial charge in [0.15, 0.2) is 0 Å². The molecular formula is C20H28N4O3. The molecule has 0 radical (unpaired) electrons. The van der Waals surface area contributed by atoms with Crippen molar-refractivity contribution < 1.29 is 14.7 Å². The molecule has 1 aromatic rings. The molecule has 2 atom stereocenters. The Bertz CT molecular complexity index is 698.